The van der Waals surface area contributed by atoms with Gasteiger partial charge in [0.1, 0.15) is 5.76 Å². The Hall–Kier alpha value is -2.30. The second-order valence-electron chi connectivity index (χ2n) is 5.32. The van der Waals surface area contributed by atoms with E-state index in [2.05, 4.69) is 5.32 Å². The molecule has 0 saturated carbocycles. The highest BCUT2D eigenvalue weighted by atomic mass is 35.5. The molecule has 0 fully saturated rings. The normalized spacial score (nSPS) is 10.8. The van der Waals surface area contributed by atoms with E-state index in [9.17, 15) is 9.59 Å². The van der Waals surface area contributed by atoms with Gasteiger partial charge in [-0.15, -0.1) is 0 Å². The van der Waals surface area contributed by atoms with Crippen LogP contribution in [0, 0.1) is 6.92 Å². The molecular weight excluding hydrogens is 349 g/mol. The predicted molar refractivity (Wildman–Crippen MR) is 95.4 cm³/mol. The zero-order valence-corrected chi connectivity index (χ0v) is 14.5. The minimum Gasteiger partial charge on any atom is -0.458 e. The van der Waals surface area contributed by atoms with E-state index in [4.69, 9.17) is 27.6 Å². The SMILES string of the molecule is CC(=O)c1c(C)oc2c(NC(=O)c3c(Cl)cccc3Cl)cccc12. The summed E-state index contributed by atoms with van der Waals surface area (Å²) < 4.78 is 5.69. The summed E-state index contributed by atoms with van der Waals surface area (Å²) in [7, 11) is 0. The molecule has 0 radical (unpaired) electrons. The molecule has 0 spiro atoms. The van der Waals surface area contributed by atoms with Crippen molar-refractivity contribution >= 4 is 51.5 Å². The number of Topliss-reactive ketones (excluding diaryl/α,β-unsaturated/α-hetero) is 1. The first-order chi connectivity index (χ1) is 11.4. The van der Waals surface area contributed by atoms with Crippen molar-refractivity contribution in [2.45, 2.75) is 13.8 Å². The van der Waals surface area contributed by atoms with Gasteiger partial charge in [-0.25, -0.2) is 0 Å². The van der Waals surface area contributed by atoms with Gasteiger partial charge in [-0.05, 0) is 32.0 Å². The molecule has 0 aliphatic carbocycles. The number of ketones is 1. The number of carbonyl (C=O) groups excluding carboxylic acids is 2. The number of nitrogens with one attached hydrogen (secondary N) is 1. The van der Waals surface area contributed by atoms with E-state index < -0.39 is 5.91 Å². The predicted octanol–water partition coefficient (Wildman–Crippen LogP) is 5.50. The van der Waals surface area contributed by atoms with Crippen LogP contribution in [0.15, 0.2) is 40.8 Å². The van der Waals surface area contributed by atoms with Crippen molar-refractivity contribution in [2.75, 3.05) is 5.32 Å². The molecule has 0 aliphatic rings. The number of hydrogen-bond acceptors (Lipinski definition) is 3. The molecule has 1 heterocycles. The minimum absolute atomic E-state index is 0.0936. The van der Waals surface area contributed by atoms with Crippen molar-refractivity contribution in [2.24, 2.45) is 0 Å². The van der Waals surface area contributed by atoms with Gasteiger partial charge in [-0.2, -0.15) is 0 Å². The van der Waals surface area contributed by atoms with Gasteiger partial charge in [-0.3, -0.25) is 9.59 Å². The third-order valence-electron chi connectivity index (χ3n) is 3.68. The number of anilines is 1. The summed E-state index contributed by atoms with van der Waals surface area (Å²) in [5, 5.41) is 3.92. The van der Waals surface area contributed by atoms with Crippen LogP contribution in [-0.4, -0.2) is 11.7 Å². The van der Waals surface area contributed by atoms with Crippen LogP contribution in [0.1, 0.15) is 33.4 Å². The van der Waals surface area contributed by atoms with Crippen molar-refractivity contribution in [1.82, 2.24) is 0 Å². The summed E-state index contributed by atoms with van der Waals surface area (Å²) in [5.74, 6) is -0.0321. The van der Waals surface area contributed by atoms with Crippen LogP contribution in [0.5, 0.6) is 0 Å². The monoisotopic (exact) mass is 361 g/mol. The van der Waals surface area contributed by atoms with Crippen molar-refractivity contribution in [1.29, 1.82) is 0 Å². The van der Waals surface area contributed by atoms with Gasteiger partial charge in [0.15, 0.2) is 11.4 Å². The number of rotatable bonds is 3. The van der Waals surface area contributed by atoms with Gasteiger partial charge in [0, 0.05) is 5.39 Å². The average Bonchev–Trinajstić information content (AvgIpc) is 2.84. The largest absolute Gasteiger partial charge is 0.458 e. The molecule has 0 saturated heterocycles. The van der Waals surface area contributed by atoms with Crippen molar-refractivity contribution < 1.29 is 14.0 Å². The quantitative estimate of drug-likeness (QED) is 0.626. The lowest BCUT2D eigenvalue weighted by Gasteiger charge is -2.08. The second-order valence-corrected chi connectivity index (χ2v) is 6.14. The van der Waals surface area contributed by atoms with E-state index in [-0.39, 0.29) is 21.4 Å². The standard InChI is InChI=1S/C18H13Cl2NO3/c1-9(22)15-10(2)24-17-11(15)5-3-8-14(17)21-18(23)16-12(19)6-4-7-13(16)20/h3-8H,1-2H3,(H,21,23). The number of aryl methyl sites for hydroxylation is 1. The van der Waals surface area contributed by atoms with Crippen molar-refractivity contribution in [3.63, 3.8) is 0 Å². The van der Waals surface area contributed by atoms with Crippen LogP contribution >= 0.6 is 23.2 Å². The fraction of sp³-hybridized carbons (Fsp3) is 0.111. The molecule has 24 heavy (non-hydrogen) atoms. The van der Waals surface area contributed by atoms with Crippen LogP contribution in [0.25, 0.3) is 11.0 Å². The Labute approximate surface area is 148 Å². The average molecular weight is 362 g/mol. The molecule has 3 rings (SSSR count). The molecule has 1 amide bonds. The fourth-order valence-electron chi connectivity index (χ4n) is 2.67. The summed E-state index contributed by atoms with van der Waals surface area (Å²) in [6, 6.07) is 10.1. The summed E-state index contributed by atoms with van der Waals surface area (Å²) in [4.78, 5) is 24.3. The van der Waals surface area contributed by atoms with Gasteiger partial charge in [0.25, 0.3) is 5.91 Å². The Morgan fingerprint density at radius 3 is 2.25 bits per heavy atom. The second kappa shape index (κ2) is 6.30. The lowest BCUT2D eigenvalue weighted by Crippen LogP contribution is -2.13. The van der Waals surface area contributed by atoms with E-state index in [0.717, 1.165) is 0 Å². The molecule has 0 aliphatic heterocycles. The van der Waals surface area contributed by atoms with Gasteiger partial charge in [-0.1, -0.05) is 41.4 Å². The highest BCUT2D eigenvalue weighted by molar-refractivity contribution is 6.40. The number of furan rings is 1. The van der Waals surface area contributed by atoms with E-state index in [1.165, 1.54) is 6.92 Å². The molecule has 0 atom stereocenters. The Balaban J connectivity index is 2.07. The molecule has 1 N–H and O–H groups in total. The van der Waals surface area contributed by atoms with Crippen molar-refractivity contribution in [3.8, 4) is 0 Å². The Morgan fingerprint density at radius 2 is 1.62 bits per heavy atom. The molecule has 3 aromatic rings. The third-order valence-corrected chi connectivity index (χ3v) is 4.31. The summed E-state index contributed by atoms with van der Waals surface area (Å²) in [6.07, 6.45) is 0. The zero-order valence-electron chi connectivity index (χ0n) is 12.9. The van der Waals surface area contributed by atoms with E-state index >= 15 is 0 Å². The lowest BCUT2D eigenvalue weighted by atomic mass is 10.1. The molecule has 6 heteroatoms. The summed E-state index contributed by atoms with van der Waals surface area (Å²) >= 11 is 12.1. The number of amides is 1. The third kappa shape index (κ3) is 2.79. The van der Waals surface area contributed by atoms with E-state index in [0.29, 0.717) is 28.0 Å². The molecule has 4 nitrogen and oxygen atoms in total. The Morgan fingerprint density at radius 1 is 1.00 bits per heavy atom. The smallest absolute Gasteiger partial charge is 0.258 e. The van der Waals surface area contributed by atoms with Crippen molar-refractivity contribution in [3.05, 3.63) is 63.3 Å². The van der Waals surface area contributed by atoms with Gasteiger partial charge < -0.3 is 9.73 Å². The maximum Gasteiger partial charge on any atom is 0.258 e. The molecule has 2 aromatic carbocycles. The highest BCUT2D eigenvalue weighted by Crippen LogP contribution is 2.32. The van der Waals surface area contributed by atoms with Crippen LogP contribution in [0.4, 0.5) is 5.69 Å². The van der Waals surface area contributed by atoms with E-state index in [1.807, 2.05) is 0 Å². The fourth-order valence-corrected chi connectivity index (χ4v) is 3.24. The van der Waals surface area contributed by atoms with Crippen LogP contribution in [0.2, 0.25) is 10.0 Å². The Kier molecular flexibility index (Phi) is 4.35. The van der Waals surface area contributed by atoms with Gasteiger partial charge in [0.05, 0.1) is 26.9 Å². The first-order valence-corrected chi connectivity index (χ1v) is 7.94. The first-order valence-electron chi connectivity index (χ1n) is 7.18. The summed E-state index contributed by atoms with van der Waals surface area (Å²) in [6.45, 7) is 3.19. The first kappa shape index (κ1) is 16.6. The molecular formula is C18H13Cl2NO3. The number of para-hydroxylation sites is 1. The minimum atomic E-state index is -0.448. The molecule has 122 valence electrons. The lowest BCUT2D eigenvalue weighted by molar-refractivity contribution is 0.101. The van der Waals surface area contributed by atoms with Crippen LogP contribution in [-0.2, 0) is 0 Å². The summed E-state index contributed by atoms with van der Waals surface area (Å²) in [5.41, 5.74) is 1.59. The number of halogens is 2. The van der Waals surface area contributed by atoms with Gasteiger partial charge in [0.2, 0.25) is 0 Å². The van der Waals surface area contributed by atoms with E-state index in [1.54, 1.807) is 43.3 Å². The highest BCUT2D eigenvalue weighted by Gasteiger charge is 2.20. The van der Waals surface area contributed by atoms with Crippen LogP contribution in [0.3, 0.4) is 0 Å². The number of fused-ring (bicyclic) bond motifs is 1. The van der Waals surface area contributed by atoms with Crippen LogP contribution < -0.4 is 5.32 Å². The zero-order chi connectivity index (χ0) is 17.4. The molecule has 0 unspecified atom stereocenters. The van der Waals surface area contributed by atoms with Gasteiger partial charge >= 0.3 is 0 Å². The number of carbonyl (C=O) groups is 2. The number of benzene rings is 2. The maximum absolute atomic E-state index is 12.5. The molecule has 1 aromatic heterocycles. The molecule has 0 bridgehead atoms. The number of hydrogen-bond donors (Lipinski definition) is 1. The Bertz CT molecular complexity index is 956. The maximum atomic E-state index is 12.5. The topological polar surface area (TPSA) is 59.3 Å².